The Morgan fingerprint density at radius 1 is 1.35 bits per heavy atom. The van der Waals surface area contributed by atoms with E-state index in [-0.39, 0.29) is 9.08 Å². The summed E-state index contributed by atoms with van der Waals surface area (Å²) in [6, 6.07) is 7.19. The minimum absolute atomic E-state index is 0.0267. The standard InChI is InChI=1S/C12H14N2O3S3/c1-3-18-10-7-5-4-6-9(10)14-20(16,17)11-8(2)13-12(15)19-11/h4-7,14H,3H2,1-2H3,(H,13,15). The van der Waals surface area contributed by atoms with Crippen LogP contribution in [-0.2, 0) is 10.0 Å². The molecule has 0 amide bonds. The van der Waals surface area contributed by atoms with Gasteiger partial charge in [0, 0.05) is 10.6 Å². The first-order chi connectivity index (χ1) is 9.44. The van der Waals surface area contributed by atoms with Crippen molar-refractivity contribution in [3.8, 4) is 0 Å². The van der Waals surface area contributed by atoms with Crippen LogP contribution in [0.2, 0.25) is 0 Å². The van der Waals surface area contributed by atoms with Crippen LogP contribution in [0.4, 0.5) is 5.69 Å². The van der Waals surface area contributed by atoms with E-state index in [2.05, 4.69) is 9.71 Å². The zero-order chi connectivity index (χ0) is 14.8. The Morgan fingerprint density at radius 3 is 2.65 bits per heavy atom. The number of rotatable bonds is 5. The number of aryl methyl sites for hydroxylation is 1. The summed E-state index contributed by atoms with van der Waals surface area (Å²) in [6.45, 7) is 3.57. The summed E-state index contributed by atoms with van der Waals surface area (Å²) in [5.41, 5.74) is 0.882. The van der Waals surface area contributed by atoms with Gasteiger partial charge >= 0.3 is 4.87 Å². The molecule has 0 spiro atoms. The zero-order valence-corrected chi connectivity index (χ0v) is 13.4. The van der Waals surface area contributed by atoms with Crippen molar-refractivity contribution in [2.24, 2.45) is 0 Å². The SMILES string of the molecule is CCSc1ccccc1NS(=O)(=O)c1sc(=O)[nH]c1C. The monoisotopic (exact) mass is 330 g/mol. The molecule has 108 valence electrons. The molecule has 0 aliphatic rings. The molecule has 0 aliphatic carbocycles. The van der Waals surface area contributed by atoms with E-state index >= 15 is 0 Å². The molecule has 8 heteroatoms. The van der Waals surface area contributed by atoms with Gasteiger partial charge in [-0.2, -0.15) is 0 Å². The van der Waals surface area contributed by atoms with Crippen molar-refractivity contribution in [1.82, 2.24) is 4.98 Å². The lowest BCUT2D eigenvalue weighted by Crippen LogP contribution is -2.13. The second-order valence-electron chi connectivity index (χ2n) is 3.96. The molecule has 2 N–H and O–H groups in total. The number of para-hydroxylation sites is 1. The van der Waals surface area contributed by atoms with Crippen LogP contribution in [0.15, 0.2) is 38.2 Å². The molecular weight excluding hydrogens is 316 g/mol. The largest absolute Gasteiger partial charge is 0.315 e. The molecule has 0 saturated carbocycles. The Bertz CT molecular complexity index is 762. The van der Waals surface area contributed by atoms with Crippen LogP contribution < -0.4 is 9.60 Å². The van der Waals surface area contributed by atoms with Crippen LogP contribution in [0, 0.1) is 6.92 Å². The third-order valence-corrected chi connectivity index (χ3v) is 6.38. The summed E-state index contributed by atoms with van der Waals surface area (Å²) in [6.07, 6.45) is 0. The van der Waals surface area contributed by atoms with Crippen LogP contribution in [0.1, 0.15) is 12.6 Å². The topological polar surface area (TPSA) is 79.0 Å². The van der Waals surface area contributed by atoms with Gasteiger partial charge in [0.1, 0.15) is 0 Å². The molecule has 20 heavy (non-hydrogen) atoms. The summed E-state index contributed by atoms with van der Waals surface area (Å²) in [7, 11) is -3.74. The highest BCUT2D eigenvalue weighted by Gasteiger charge is 2.21. The zero-order valence-electron chi connectivity index (χ0n) is 11.0. The van der Waals surface area contributed by atoms with Gasteiger partial charge in [0.05, 0.1) is 5.69 Å². The van der Waals surface area contributed by atoms with Gasteiger partial charge in [0.25, 0.3) is 10.0 Å². The minimum Gasteiger partial charge on any atom is -0.315 e. The number of sulfonamides is 1. The first-order valence-electron chi connectivity index (χ1n) is 5.88. The maximum atomic E-state index is 12.3. The maximum Gasteiger partial charge on any atom is 0.306 e. The minimum atomic E-state index is -3.74. The molecule has 2 rings (SSSR count). The number of aromatic nitrogens is 1. The number of benzene rings is 1. The highest BCUT2D eigenvalue weighted by Crippen LogP contribution is 2.29. The summed E-state index contributed by atoms with van der Waals surface area (Å²) in [5, 5.41) is 0. The fourth-order valence-electron chi connectivity index (χ4n) is 1.67. The molecular formula is C12H14N2O3S3. The molecule has 1 aromatic carbocycles. The normalized spacial score (nSPS) is 11.5. The fraction of sp³-hybridized carbons (Fsp3) is 0.250. The van der Waals surface area contributed by atoms with Gasteiger partial charge in [-0.05, 0) is 24.8 Å². The first kappa shape index (κ1) is 15.1. The molecule has 0 saturated heterocycles. The second-order valence-corrected chi connectivity index (χ2v) is 8.13. The Kier molecular flexibility index (Phi) is 4.56. The van der Waals surface area contributed by atoms with Crippen LogP contribution in [0.3, 0.4) is 0 Å². The van der Waals surface area contributed by atoms with Gasteiger partial charge in [-0.15, -0.1) is 11.8 Å². The first-order valence-corrected chi connectivity index (χ1v) is 9.17. The lowest BCUT2D eigenvalue weighted by Gasteiger charge is -2.10. The van der Waals surface area contributed by atoms with Gasteiger partial charge in [0.2, 0.25) is 0 Å². The maximum absolute atomic E-state index is 12.3. The molecule has 0 aliphatic heterocycles. The van der Waals surface area contributed by atoms with Gasteiger partial charge in [-0.3, -0.25) is 9.52 Å². The van der Waals surface area contributed by atoms with Crippen molar-refractivity contribution in [3.63, 3.8) is 0 Å². The van der Waals surface area contributed by atoms with Gasteiger partial charge in [-0.1, -0.05) is 30.4 Å². The van der Waals surface area contributed by atoms with Crippen molar-refractivity contribution in [2.45, 2.75) is 23.0 Å². The Hall–Kier alpha value is -1.25. The van der Waals surface area contributed by atoms with Gasteiger partial charge in [-0.25, -0.2) is 8.42 Å². The summed E-state index contributed by atoms with van der Waals surface area (Å²) < 4.78 is 27.2. The van der Waals surface area contributed by atoms with Crippen molar-refractivity contribution >= 4 is 38.8 Å². The Morgan fingerprint density at radius 2 is 2.05 bits per heavy atom. The number of hydrogen-bond donors (Lipinski definition) is 2. The number of thioether (sulfide) groups is 1. The number of anilines is 1. The van der Waals surface area contributed by atoms with E-state index in [1.54, 1.807) is 30.8 Å². The molecule has 5 nitrogen and oxygen atoms in total. The Labute approximate surface area is 125 Å². The average molecular weight is 330 g/mol. The molecule has 0 unspecified atom stereocenters. The Balaban J connectivity index is 2.38. The third-order valence-electron chi connectivity index (χ3n) is 2.46. The van der Waals surface area contributed by atoms with Crippen molar-refractivity contribution in [2.75, 3.05) is 10.5 Å². The van der Waals surface area contributed by atoms with Crippen molar-refractivity contribution in [1.29, 1.82) is 0 Å². The molecule has 1 heterocycles. The summed E-state index contributed by atoms with van der Waals surface area (Å²) in [4.78, 5) is 14.2. The summed E-state index contributed by atoms with van der Waals surface area (Å²) >= 11 is 2.25. The van der Waals surface area contributed by atoms with Crippen molar-refractivity contribution in [3.05, 3.63) is 39.6 Å². The molecule has 0 atom stereocenters. The summed E-state index contributed by atoms with van der Waals surface area (Å²) in [5.74, 6) is 0.843. The van der Waals surface area contributed by atoms with Crippen LogP contribution in [0.25, 0.3) is 0 Å². The van der Waals surface area contributed by atoms with E-state index in [1.807, 2.05) is 19.1 Å². The number of H-pyrrole nitrogens is 1. The van der Waals surface area contributed by atoms with E-state index in [1.165, 1.54) is 0 Å². The highest BCUT2D eigenvalue weighted by atomic mass is 32.2. The van der Waals surface area contributed by atoms with Gasteiger partial charge in [0.15, 0.2) is 4.21 Å². The molecule has 0 bridgehead atoms. The highest BCUT2D eigenvalue weighted by molar-refractivity contribution is 7.99. The van der Waals surface area contributed by atoms with Gasteiger partial charge < -0.3 is 4.98 Å². The lowest BCUT2D eigenvalue weighted by atomic mass is 10.3. The third kappa shape index (κ3) is 3.25. The molecule has 1 aromatic heterocycles. The number of thiazole rings is 1. The van der Waals surface area contributed by atoms with Crippen molar-refractivity contribution < 1.29 is 8.42 Å². The molecule has 0 radical (unpaired) electrons. The van der Waals surface area contributed by atoms with E-state index < -0.39 is 10.0 Å². The number of hydrogen-bond acceptors (Lipinski definition) is 5. The molecule has 0 fully saturated rings. The predicted octanol–water partition coefficient (Wildman–Crippen LogP) is 2.66. The average Bonchev–Trinajstić information content (AvgIpc) is 2.72. The van der Waals surface area contributed by atoms with Crippen LogP contribution in [-0.4, -0.2) is 19.2 Å². The van der Waals surface area contributed by atoms with E-state index in [0.717, 1.165) is 10.6 Å². The van der Waals surface area contributed by atoms with Crippen LogP contribution >= 0.6 is 23.1 Å². The fourth-order valence-corrected chi connectivity index (χ4v) is 4.88. The van der Waals surface area contributed by atoms with Crippen LogP contribution in [0.5, 0.6) is 0 Å². The van der Waals surface area contributed by atoms with E-state index in [0.29, 0.717) is 22.7 Å². The number of nitrogens with one attached hydrogen (secondary N) is 2. The predicted molar refractivity (Wildman–Crippen MR) is 83.3 cm³/mol. The quantitative estimate of drug-likeness (QED) is 0.826. The smallest absolute Gasteiger partial charge is 0.306 e. The number of aromatic amines is 1. The van der Waals surface area contributed by atoms with E-state index in [4.69, 9.17) is 0 Å². The lowest BCUT2D eigenvalue weighted by molar-refractivity contribution is 0.602. The van der Waals surface area contributed by atoms with E-state index in [9.17, 15) is 13.2 Å². The second kappa shape index (κ2) is 6.02. The molecule has 2 aromatic rings.